The standard InChI is InChI=1S/C17H24N2O/c1-14-5-4-11-18(13-14)15-7-9-16(10-8-15)19-12-3-2-6-17(19)20/h7-10,14H,2-6,11-13H2,1H3. The van der Waals surface area contributed by atoms with Gasteiger partial charge in [-0.05, 0) is 55.9 Å². The van der Waals surface area contributed by atoms with Crippen LogP contribution in [-0.2, 0) is 4.79 Å². The highest BCUT2D eigenvalue weighted by Gasteiger charge is 2.20. The molecule has 3 heteroatoms. The number of carbonyl (C=O) groups is 1. The first-order chi connectivity index (χ1) is 9.74. The van der Waals surface area contributed by atoms with E-state index in [2.05, 4.69) is 36.1 Å². The summed E-state index contributed by atoms with van der Waals surface area (Å²) in [5, 5.41) is 0. The first-order valence-electron chi connectivity index (χ1n) is 7.89. The van der Waals surface area contributed by atoms with Crippen LogP contribution >= 0.6 is 0 Å². The van der Waals surface area contributed by atoms with E-state index < -0.39 is 0 Å². The van der Waals surface area contributed by atoms with Crippen LogP contribution in [0.1, 0.15) is 39.0 Å². The Morgan fingerprint density at radius 1 is 1.00 bits per heavy atom. The highest BCUT2D eigenvalue weighted by Crippen LogP contribution is 2.27. The van der Waals surface area contributed by atoms with Crippen molar-refractivity contribution in [1.29, 1.82) is 0 Å². The summed E-state index contributed by atoms with van der Waals surface area (Å²) in [6.45, 7) is 5.51. The van der Waals surface area contributed by atoms with Crippen LogP contribution in [0.4, 0.5) is 11.4 Å². The minimum absolute atomic E-state index is 0.274. The van der Waals surface area contributed by atoms with E-state index in [-0.39, 0.29) is 5.91 Å². The Hall–Kier alpha value is -1.51. The van der Waals surface area contributed by atoms with Gasteiger partial charge in [-0.3, -0.25) is 4.79 Å². The fraction of sp³-hybridized carbons (Fsp3) is 0.588. The summed E-state index contributed by atoms with van der Waals surface area (Å²) in [5.41, 5.74) is 2.35. The van der Waals surface area contributed by atoms with E-state index in [4.69, 9.17) is 0 Å². The molecular weight excluding hydrogens is 248 g/mol. The molecule has 0 aromatic heterocycles. The number of carbonyl (C=O) groups excluding carboxylic acids is 1. The maximum atomic E-state index is 11.9. The van der Waals surface area contributed by atoms with Gasteiger partial charge in [0.25, 0.3) is 0 Å². The van der Waals surface area contributed by atoms with E-state index in [9.17, 15) is 4.79 Å². The first kappa shape index (κ1) is 13.5. The van der Waals surface area contributed by atoms with Crippen LogP contribution in [-0.4, -0.2) is 25.5 Å². The molecule has 0 radical (unpaired) electrons. The van der Waals surface area contributed by atoms with Crippen LogP contribution in [0.3, 0.4) is 0 Å². The molecule has 0 saturated carbocycles. The van der Waals surface area contributed by atoms with E-state index in [1.807, 2.05) is 4.90 Å². The molecule has 1 aromatic rings. The molecule has 0 spiro atoms. The zero-order valence-corrected chi connectivity index (χ0v) is 12.3. The van der Waals surface area contributed by atoms with Gasteiger partial charge in [-0.1, -0.05) is 6.92 Å². The highest BCUT2D eigenvalue weighted by atomic mass is 16.2. The number of hydrogen-bond acceptors (Lipinski definition) is 2. The van der Waals surface area contributed by atoms with E-state index in [1.165, 1.54) is 18.5 Å². The van der Waals surface area contributed by atoms with Gasteiger partial charge in [-0.15, -0.1) is 0 Å². The van der Waals surface area contributed by atoms with Gasteiger partial charge in [0.1, 0.15) is 0 Å². The van der Waals surface area contributed by atoms with Crippen LogP contribution in [0.25, 0.3) is 0 Å². The lowest BCUT2D eigenvalue weighted by molar-refractivity contribution is -0.119. The van der Waals surface area contributed by atoms with Crippen molar-refractivity contribution in [2.45, 2.75) is 39.0 Å². The first-order valence-corrected chi connectivity index (χ1v) is 7.89. The quantitative estimate of drug-likeness (QED) is 0.823. The second-order valence-electron chi connectivity index (χ2n) is 6.21. The Morgan fingerprint density at radius 3 is 2.45 bits per heavy atom. The third-order valence-corrected chi connectivity index (χ3v) is 4.51. The molecule has 2 saturated heterocycles. The number of amides is 1. The molecule has 2 aliphatic heterocycles. The zero-order chi connectivity index (χ0) is 13.9. The molecule has 108 valence electrons. The number of rotatable bonds is 2. The van der Waals surface area contributed by atoms with Crippen LogP contribution in [0, 0.1) is 5.92 Å². The number of benzene rings is 1. The maximum Gasteiger partial charge on any atom is 0.226 e. The van der Waals surface area contributed by atoms with Crippen molar-refractivity contribution < 1.29 is 4.79 Å². The Balaban J connectivity index is 1.72. The van der Waals surface area contributed by atoms with Crippen LogP contribution in [0.5, 0.6) is 0 Å². The molecule has 20 heavy (non-hydrogen) atoms. The molecule has 1 amide bonds. The summed E-state index contributed by atoms with van der Waals surface area (Å²) in [4.78, 5) is 16.3. The van der Waals surface area contributed by atoms with Gasteiger partial charge in [-0.2, -0.15) is 0 Å². The minimum Gasteiger partial charge on any atom is -0.371 e. The lowest BCUT2D eigenvalue weighted by Crippen LogP contribution is -2.35. The fourth-order valence-electron chi connectivity index (χ4n) is 3.35. The molecule has 0 N–H and O–H groups in total. The van der Waals surface area contributed by atoms with E-state index in [0.29, 0.717) is 6.42 Å². The number of hydrogen-bond donors (Lipinski definition) is 0. The second kappa shape index (κ2) is 5.86. The van der Waals surface area contributed by atoms with Crippen LogP contribution in [0.15, 0.2) is 24.3 Å². The maximum absolute atomic E-state index is 11.9. The lowest BCUT2D eigenvalue weighted by Gasteiger charge is -2.33. The summed E-state index contributed by atoms with van der Waals surface area (Å²) < 4.78 is 0. The smallest absolute Gasteiger partial charge is 0.226 e. The van der Waals surface area contributed by atoms with E-state index in [1.54, 1.807) is 0 Å². The third-order valence-electron chi connectivity index (χ3n) is 4.51. The third kappa shape index (κ3) is 2.82. The van der Waals surface area contributed by atoms with Crippen molar-refractivity contribution in [3.05, 3.63) is 24.3 Å². The number of nitrogens with zero attached hydrogens (tertiary/aromatic N) is 2. The molecule has 0 aliphatic carbocycles. The Labute approximate surface area is 121 Å². The predicted molar refractivity (Wildman–Crippen MR) is 83.3 cm³/mol. The van der Waals surface area contributed by atoms with Gasteiger partial charge in [0.2, 0.25) is 5.91 Å². The van der Waals surface area contributed by atoms with Gasteiger partial charge >= 0.3 is 0 Å². The second-order valence-corrected chi connectivity index (χ2v) is 6.21. The van der Waals surface area contributed by atoms with Crippen molar-refractivity contribution in [2.24, 2.45) is 5.92 Å². The SMILES string of the molecule is CC1CCCN(c2ccc(N3CCCCC3=O)cc2)C1. The molecule has 2 heterocycles. The van der Waals surface area contributed by atoms with Crippen molar-refractivity contribution in [2.75, 3.05) is 29.4 Å². The molecule has 1 aromatic carbocycles. The van der Waals surface area contributed by atoms with Crippen LogP contribution in [0.2, 0.25) is 0 Å². The molecule has 0 bridgehead atoms. The number of piperidine rings is 2. The fourth-order valence-corrected chi connectivity index (χ4v) is 3.35. The molecule has 2 aliphatic rings. The minimum atomic E-state index is 0.274. The molecular formula is C17H24N2O. The van der Waals surface area contributed by atoms with Gasteiger partial charge in [0.15, 0.2) is 0 Å². The van der Waals surface area contributed by atoms with Crippen molar-refractivity contribution in [1.82, 2.24) is 0 Å². The van der Waals surface area contributed by atoms with Crippen molar-refractivity contribution in [3.8, 4) is 0 Å². The van der Waals surface area contributed by atoms with Crippen molar-refractivity contribution >= 4 is 17.3 Å². The summed E-state index contributed by atoms with van der Waals surface area (Å²) in [7, 11) is 0. The average molecular weight is 272 g/mol. The molecule has 1 atom stereocenters. The van der Waals surface area contributed by atoms with Gasteiger partial charge < -0.3 is 9.80 Å². The van der Waals surface area contributed by atoms with E-state index >= 15 is 0 Å². The molecule has 3 rings (SSSR count). The van der Waals surface area contributed by atoms with E-state index in [0.717, 1.165) is 44.1 Å². The molecule has 3 nitrogen and oxygen atoms in total. The van der Waals surface area contributed by atoms with Gasteiger partial charge in [0, 0.05) is 37.4 Å². The van der Waals surface area contributed by atoms with Crippen LogP contribution < -0.4 is 9.80 Å². The summed E-state index contributed by atoms with van der Waals surface area (Å²) in [6, 6.07) is 8.57. The Kier molecular flexibility index (Phi) is 3.95. The predicted octanol–water partition coefficient (Wildman–Crippen LogP) is 3.44. The molecule has 1 unspecified atom stereocenters. The summed E-state index contributed by atoms with van der Waals surface area (Å²) >= 11 is 0. The highest BCUT2D eigenvalue weighted by molar-refractivity contribution is 5.94. The summed E-state index contributed by atoms with van der Waals surface area (Å²) in [5.74, 6) is 1.06. The lowest BCUT2D eigenvalue weighted by atomic mass is 10.00. The Bertz CT molecular complexity index is 468. The van der Waals surface area contributed by atoms with Gasteiger partial charge in [-0.25, -0.2) is 0 Å². The zero-order valence-electron chi connectivity index (χ0n) is 12.3. The van der Waals surface area contributed by atoms with Gasteiger partial charge in [0.05, 0.1) is 0 Å². The topological polar surface area (TPSA) is 23.6 Å². The monoisotopic (exact) mass is 272 g/mol. The largest absolute Gasteiger partial charge is 0.371 e. The van der Waals surface area contributed by atoms with Crippen molar-refractivity contribution in [3.63, 3.8) is 0 Å². The average Bonchev–Trinajstić information content (AvgIpc) is 2.48. The normalized spacial score (nSPS) is 24.1. The molecule has 2 fully saturated rings. The summed E-state index contributed by atoms with van der Waals surface area (Å²) in [6.07, 6.45) is 5.49. The Morgan fingerprint density at radius 2 is 1.75 bits per heavy atom. The number of anilines is 2.